The van der Waals surface area contributed by atoms with Crippen molar-refractivity contribution in [2.75, 3.05) is 0 Å². The van der Waals surface area contributed by atoms with Crippen LogP contribution < -0.4 is 5.56 Å². The summed E-state index contributed by atoms with van der Waals surface area (Å²) < 4.78 is 1.21. The first-order chi connectivity index (χ1) is 9.38. The minimum Gasteiger partial charge on any atom is -0.304 e. The van der Waals surface area contributed by atoms with Crippen LogP contribution in [-0.2, 0) is 6.54 Å². The van der Waals surface area contributed by atoms with Crippen LogP contribution in [0, 0.1) is 17.0 Å². The molecule has 2 heterocycles. The highest BCUT2D eigenvalue weighted by Crippen LogP contribution is 2.20. The molecule has 0 aliphatic rings. The lowest BCUT2D eigenvalue weighted by molar-refractivity contribution is -0.385. The van der Waals surface area contributed by atoms with Gasteiger partial charge in [-0.15, -0.1) is 0 Å². The molecule has 0 aromatic carbocycles. The molecular formula is C12H9Cl2N3O3. The van der Waals surface area contributed by atoms with Crippen molar-refractivity contribution in [2.24, 2.45) is 0 Å². The summed E-state index contributed by atoms with van der Waals surface area (Å²) in [6.07, 6.45) is 2.63. The Morgan fingerprint density at radius 3 is 2.70 bits per heavy atom. The summed E-state index contributed by atoms with van der Waals surface area (Å²) in [6, 6.07) is 2.67. The van der Waals surface area contributed by atoms with Gasteiger partial charge in [0.25, 0.3) is 11.2 Å². The van der Waals surface area contributed by atoms with E-state index in [0.29, 0.717) is 16.1 Å². The molecule has 0 radical (unpaired) electrons. The van der Waals surface area contributed by atoms with Gasteiger partial charge in [-0.2, -0.15) is 0 Å². The maximum absolute atomic E-state index is 11.8. The van der Waals surface area contributed by atoms with Gasteiger partial charge in [-0.3, -0.25) is 14.9 Å². The highest BCUT2D eigenvalue weighted by molar-refractivity contribution is 6.34. The third-order valence-electron chi connectivity index (χ3n) is 2.74. The average Bonchev–Trinajstić information content (AvgIpc) is 2.35. The standard InChI is InChI=1S/C12H9Cl2N3O3/c1-7-2-12(18)16(6-10(7)17(19)20)5-8-4-15-11(14)3-9(8)13/h2-4,6H,5H2,1H3. The maximum Gasteiger partial charge on any atom is 0.288 e. The molecule has 0 fully saturated rings. The van der Waals surface area contributed by atoms with Gasteiger partial charge in [-0.05, 0) is 13.0 Å². The first kappa shape index (κ1) is 14.5. The number of aromatic nitrogens is 2. The predicted molar refractivity (Wildman–Crippen MR) is 75.5 cm³/mol. The Bertz CT molecular complexity index is 743. The Labute approximate surface area is 123 Å². The summed E-state index contributed by atoms with van der Waals surface area (Å²) in [5.74, 6) is 0. The SMILES string of the molecule is Cc1cc(=O)n(Cc2cnc(Cl)cc2Cl)cc1[N+](=O)[O-]. The number of rotatable bonds is 3. The fourth-order valence-electron chi connectivity index (χ4n) is 1.71. The zero-order valence-electron chi connectivity index (χ0n) is 10.3. The molecule has 0 unspecified atom stereocenters. The molecule has 2 aromatic heterocycles. The molecule has 0 saturated heterocycles. The van der Waals surface area contributed by atoms with E-state index in [-0.39, 0.29) is 22.9 Å². The van der Waals surface area contributed by atoms with Gasteiger partial charge in [0.15, 0.2) is 0 Å². The van der Waals surface area contributed by atoms with Crippen molar-refractivity contribution in [2.45, 2.75) is 13.5 Å². The molecule has 8 heteroatoms. The normalized spacial score (nSPS) is 10.6. The minimum absolute atomic E-state index is 0.0863. The minimum atomic E-state index is -0.535. The monoisotopic (exact) mass is 313 g/mol. The summed E-state index contributed by atoms with van der Waals surface area (Å²) in [4.78, 5) is 26.1. The van der Waals surface area contributed by atoms with Gasteiger partial charge in [0, 0.05) is 23.4 Å². The van der Waals surface area contributed by atoms with Gasteiger partial charge in [0.1, 0.15) is 5.15 Å². The van der Waals surface area contributed by atoms with Crippen LogP contribution in [0.1, 0.15) is 11.1 Å². The number of pyridine rings is 2. The Morgan fingerprint density at radius 2 is 2.10 bits per heavy atom. The third-order valence-corrected chi connectivity index (χ3v) is 3.30. The number of nitrogens with zero attached hydrogens (tertiary/aromatic N) is 3. The number of hydrogen-bond donors (Lipinski definition) is 0. The molecular weight excluding hydrogens is 305 g/mol. The van der Waals surface area contributed by atoms with Crippen molar-refractivity contribution >= 4 is 28.9 Å². The highest BCUT2D eigenvalue weighted by Gasteiger charge is 2.14. The summed E-state index contributed by atoms with van der Waals surface area (Å²) >= 11 is 11.7. The smallest absolute Gasteiger partial charge is 0.288 e. The van der Waals surface area contributed by atoms with Crippen LogP contribution in [0.15, 0.2) is 29.3 Å². The molecule has 0 amide bonds. The van der Waals surface area contributed by atoms with Crippen LogP contribution >= 0.6 is 23.2 Å². The number of halogens is 2. The summed E-state index contributed by atoms with van der Waals surface area (Å²) in [7, 11) is 0. The van der Waals surface area contributed by atoms with Crippen LogP contribution in [-0.4, -0.2) is 14.5 Å². The van der Waals surface area contributed by atoms with Crippen molar-refractivity contribution < 1.29 is 4.92 Å². The van der Waals surface area contributed by atoms with Gasteiger partial charge < -0.3 is 4.57 Å². The topological polar surface area (TPSA) is 78.0 Å². The molecule has 0 aliphatic heterocycles. The predicted octanol–water partition coefficient (Wildman–Crippen LogP) is 2.82. The van der Waals surface area contributed by atoms with Crippen LogP contribution in [0.2, 0.25) is 10.2 Å². The van der Waals surface area contributed by atoms with E-state index in [2.05, 4.69) is 4.98 Å². The van der Waals surface area contributed by atoms with E-state index in [9.17, 15) is 14.9 Å². The lowest BCUT2D eigenvalue weighted by Gasteiger charge is -2.08. The first-order valence-corrected chi connectivity index (χ1v) is 6.29. The summed E-state index contributed by atoms with van der Waals surface area (Å²) in [5, 5.41) is 11.5. The lowest BCUT2D eigenvalue weighted by atomic mass is 10.2. The molecule has 6 nitrogen and oxygen atoms in total. The number of nitro groups is 1. The Balaban J connectivity index is 2.46. The van der Waals surface area contributed by atoms with Crippen molar-refractivity contribution in [1.29, 1.82) is 0 Å². The molecule has 104 valence electrons. The molecule has 0 atom stereocenters. The maximum atomic E-state index is 11.8. The number of aryl methyl sites for hydroxylation is 1. The Hall–Kier alpha value is -1.92. The van der Waals surface area contributed by atoms with Gasteiger partial charge in [-0.25, -0.2) is 4.98 Å². The molecule has 0 spiro atoms. The third kappa shape index (κ3) is 2.97. The van der Waals surface area contributed by atoms with Gasteiger partial charge in [0.05, 0.1) is 22.7 Å². The molecule has 2 aromatic rings. The Kier molecular flexibility index (Phi) is 4.06. The van der Waals surface area contributed by atoms with Crippen molar-refractivity contribution in [3.8, 4) is 0 Å². The van der Waals surface area contributed by atoms with Crippen molar-refractivity contribution in [3.05, 3.63) is 66.3 Å². The van der Waals surface area contributed by atoms with Gasteiger partial charge in [0.2, 0.25) is 0 Å². The van der Waals surface area contributed by atoms with E-state index >= 15 is 0 Å². The molecule has 0 N–H and O–H groups in total. The van der Waals surface area contributed by atoms with Gasteiger partial charge in [-0.1, -0.05) is 23.2 Å². The molecule has 0 bridgehead atoms. The van der Waals surface area contributed by atoms with Crippen molar-refractivity contribution in [3.63, 3.8) is 0 Å². The fourth-order valence-corrected chi connectivity index (χ4v) is 2.13. The molecule has 2 rings (SSSR count). The largest absolute Gasteiger partial charge is 0.304 e. The number of hydrogen-bond acceptors (Lipinski definition) is 4. The Morgan fingerprint density at radius 1 is 1.40 bits per heavy atom. The van der Waals surface area contributed by atoms with Crippen LogP contribution in [0.5, 0.6) is 0 Å². The summed E-state index contributed by atoms with van der Waals surface area (Å²) in [6.45, 7) is 1.60. The zero-order chi connectivity index (χ0) is 14.9. The fraction of sp³-hybridized carbons (Fsp3) is 0.167. The van der Waals surface area contributed by atoms with E-state index < -0.39 is 4.92 Å². The van der Waals surface area contributed by atoms with E-state index in [1.165, 1.54) is 36.0 Å². The second-order valence-corrected chi connectivity index (χ2v) is 4.96. The zero-order valence-corrected chi connectivity index (χ0v) is 11.9. The highest BCUT2D eigenvalue weighted by atomic mass is 35.5. The lowest BCUT2D eigenvalue weighted by Crippen LogP contribution is -2.20. The van der Waals surface area contributed by atoms with Gasteiger partial charge >= 0.3 is 0 Å². The first-order valence-electron chi connectivity index (χ1n) is 5.54. The van der Waals surface area contributed by atoms with E-state index in [0.717, 1.165) is 0 Å². The molecule has 0 saturated carbocycles. The van der Waals surface area contributed by atoms with Crippen LogP contribution in [0.3, 0.4) is 0 Å². The van der Waals surface area contributed by atoms with E-state index in [1.807, 2.05) is 0 Å². The molecule has 0 aliphatic carbocycles. The van der Waals surface area contributed by atoms with Crippen molar-refractivity contribution in [1.82, 2.24) is 9.55 Å². The second kappa shape index (κ2) is 5.60. The summed E-state index contributed by atoms with van der Waals surface area (Å²) in [5.41, 5.74) is 0.398. The van der Waals surface area contributed by atoms with E-state index in [1.54, 1.807) is 0 Å². The second-order valence-electron chi connectivity index (χ2n) is 4.16. The van der Waals surface area contributed by atoms with Crippen LogP contribution in [0.25, 0.3) is 0 Å². The average molecular weight is 314 g/mol. The quantitative estimate of drug-likeness (QED) is 0.496. The molecule has 20 heavy (non-hydrogen) atoms. The van der Waals surface area contributed by atoms with E-state index in [4.69, 9.17) is 23.2 Å². The van der Waals surface area contributed by atoms with Crippen LogP contribution in [0.4, 0.5) is 5.69 Å².